The molecule has 1 heterocycles. The molecule has 0 aliphatic rings. The zero-order chi connectivity index (χ0) is 25.8. The van der Waals surface area contributed by atoms with Gasteiger partial charge in [-0.1, -0.05) is 25.2 Å². The first-order chi connectivity index (χ1) is 16.6. The van der Waals surface area contributed by atoms with Crippen LogP contribution in [0.15, 0.2) is 41.3 Å². The Balaban J connectivity index is 0.00000456. The van der Waals surface area contributed by atoms with Gasteiger partial charge in [0.15, 0.2) is 5.13 Å². The summed E-state index contributed by atoms with van der Waals surface area (Å²) in [6.45, 7) is 10.2. The fraction of sp³-hybridized carbons (Fsp3) is 0.462. The molecular weight excluding hydrogens is 516 g/mol. The molecule has 0 fully saturated rings. The summed E-state index contributed by atoms with van der Waals surface area (Å²) in [6.07, 6.45) is 1.50. The van der Waals surface area contributed by atoms with Gasteiger partial charge in [0.05, 0.1) is 15.1 Å². The van der Waals surface area contributed by atoms with E-state index in [0.717, 1.165) is 28.6 Å². The number of aryl methyl sites for hydroxylation is 2. The van der Waals surface area contributed by atoms with E-state index in [-0.39, 0.29) is 23.2 Å². The van der Waals surface area contributed by atoms with Crippen molar-refractivity contribution in [3.8, 4) is 0 Å². The van der Waals surface area contributed by atoms with Gasteiger partial charge in [0.1, 0.15) is 0 Å². The molecule has 36 heavy (non-hydrogen) atoms. The number of halogens is 1. The minimum atomic E-state index is -3.60. The predicted octanol–water partition coefficient (Wildman–Crippen LogP) is 5.35. The number of carbonyl (C=O) groups is 1. The molecule has 0 atom stereocenters. The van der Waals surface area contributed by atoms with Crippen molar-refractivity contribution in [2.75, 3.05) is 45.2 Å². The molecule has 2 aromatic carbocycles. The van der Waals surface area contributed by atoms with E-state index in [1.54, 1.807) is 17.0 Å². The average molecular weight is 553 g/mol. The number of thiazole rings is 1. The quantitative estimate of drug-likeness (QED) is 0.320. The first kappa shape index (κ1) is 30.2. The molecule has 7 nitrogen and oxygen atoms in total. The van der Waals surface area contributed by atoms with Crippen LogP contribution < -0.4 is 4.90 Å². The molecule has 0 radical (unpaired) electrons. The highest BCUT2D eigenvalue weighted by atomic mass is 35.5. The summed E-state index contributed by atoms with van der Waals surface area (Å²) in [7, 11) is 0.332. The van der Waals surface area contributed by atoms with Gasteiger partial charge >= 0.3 is 0 Å². The normalized spacial score (nSPS) is 11.8. The minimum Gasteiger partial charge on any atom is -0.308 e. The Labute approximate surface area is 225 Å². The van der Waals surface area contributed by atoms with Gasteiger partial charge in [-0.3, -0.25) is 9.69 Å². The molecule has 0 spiro atoms. The number of fused-ring (bicyclic) bond motifs is 1. The van der Waals surface area contributed by atoms with Crippen molar-refractivity contribution in [2.24, 2.45) is 0 Å². The van der Waals surface area contributed by atoms with Crippen molar-refractivity contribution in [3.05, 3.63) is 53.1 Å². The van der Waals surface area contributed by atoms with E-state index in [4.69, 9.17) is 4.98 Å². The molecule has 0 saturated heterocycles. The molecule has 198 valence electrons. The predicted molar refractivity (Wildman–Crippen MR) is 152 cm³/mol. The van der Waals surface area contributed by atoms with Crippen molar-refractivity contribution in [1.82, 2.24) is 14.2 Å². The summed E-state index contributed by atoms with van der Waals surface area (Å²) in [6, 6.07) is 10.5. The van der Waals surface area contributed by atoms with E-state index in [1.165, 1.54) is 33.3 Å². The maximum atomic E-state index is 13.6. The lowest BCUT2D eigenvalue weighted by molar-refractivity contribution is 0.0985. The van der Waals surface area contributed by atoms with Gasteiger partial charge in [-0.25, -0.2) is 13.4 Å². The topological polar surface area (TPSA) is 73.8 Å². The van der Waals surface area contributed by atoms with Gasteiger partial charge in [-0.05, 0) is 88.3 Å². The average Bonchev–Trinajstić information content (AvgIpc) is 3.21. The lowest BCUT2D eigenvalue weighted by Crippen LogP contribution is -2.36. The maximum absolute atomic E-state index is 13.6. The highest BCUT2D eigenvalue weighted by Gasteiger charge is 2.25. The van der Waals surface area contributed by atoms with Crippen LogP contribution in [0.1, 0.15) is 48.2 Å². The third-order valence-corrected chi connectivity index (χ3v) is 8.88. The number of sulfonamides is 1. The molecule has 3 rings (SSSR count). The number of hydrogen-bond donors (Lipinski definition) is 0. The summed E-state index contributed by atoms with van der Waals surface area (Å²) in [4.78, 5) is 22.3. The molecule has 10 heteroatoms. The van der Waals surface area contributed by atoms with Crippen LogP contribution in [0.5, 0.6) is 0 Å². The summed E-state index contributed by atoms with van der Waals surface area (Å²) < 4.78 is 28.7. The minimum absolute atomic E-state index is 0. The van der Waals surface area contributed by atoms with Crippen molar-refractivity contribution < 1.29 is 13.2 Å². The van der Waals surface area contributed by atoms with Crippen molar-refractivity contribution in [3.63, 3.8) is 0 Å². The summed E-state index contributed by atoms with van der Waals surface area (Å²) in [5.74, 6) is -0.192. The van der Waals surface area contributed by atoms with Gasteiger partial charge in [0.2, 0.25) is 10.0 Å². The Morgan fingerprint density at radius 3 is 2.06 bits per heavy atom. The van der Waals surface area contributed by atoms with Crippen LogP contribution in [0.25, 0.3) is 10.2 Å². The van der Waals surface area contributed by atoms with E-state index in [0.29, 0.717) is 36.9 Å². The molecule has 3 aromatic rings. The fourth-order valence-electron chi connectivity index (χ4n) is 3.79. The zero-order valence-corrected chi connectivity index (χ0v) is 24.4. The number of benzene rings is 2. The smallest absolute Gasteiger partial charge is 0.260 e. The number of rotatable bonds is 11. The first-order valence-corrected chi connectivity index (χ1v) is 14.3. The third-order valence-electron chi connectivity index (χ3n) is 5.92. The van der Waals surface area contributed by atoms with E-state index >= 15 is 0 Å². The number of amides is 1. The third kappa shape index (κ3) is 6.83. The second-order valence-electron chi connectivity index (χ2n) is 9.09. The van der Waals surface area contributed by atoms with Gasteiger partial charge in [0, 0.05) is 31.7 Å². The molecule has 0 aliphatic carbocycles. The number of anilines is 1. The molecule has 1 aromatic heterocycles. The molecule has 0 saturated carbocycles. The second-order valence-corrected chi connectivity index (χ2v) is 12.0. The Kier molecular flexibility index (Phi) is 10.9. The van der Waals surface area contributed by atoms with E-state index in [1.807, 2.05) is 32.8 Å². The van der Waals surface area contributed by atoms with Crippen LogP contribution in [-0.2, 0) is 10.0 Å². The Morgan fingerprint density at radius 2 is 1.50 bits per heavy atom. The van der Waals surface area contributed by atoms with Crippen LogP contribution in [0.3, 0.4) is 0 Å². The molecule has 1 amide bonds. The highest BCUT2D eigenvalue weighted by molar-refractivity contribution is 7.89. The lowest BCUT2D eigenvalue weighted by atomic mass is 10.1. The lowest BCUT2D eigenvalue weighted by Gasteiger charge is -2.23. The standard InChI is InChI=1S/C26H36N4O3S2.ClH/c1-7-13-29(14-8-2)35(32,33)22-11-9-21(10-12-22)25(31)30(16-15-28(5)6)26-27-23-17-19(3)20(4)18-24(23)34-26;/h9-12,17-18H,7-8,13-16H2,1-6H3;1H. The molecule has 0 aliphatic heterocycles. The summed E-state index contributed by atoms with van der Waals surface area (Å²) in [5.41, 5.74) is 3.67. The second kappa shape index (κ2) is 13.0. The Hall–Kier alpha value is -2.04. The van der Waals surface area contributed by atoms with Crippen LogP contribution in [0, 0.1) is 13.8 Å². The van der Waals surface area contributed by atoms with Gasteiger partial charge < -0.3 is 4.90 Å². The zero-order valence-electron chi connectivity index (χ0n) is 21.9. The SMILES string of the molecule is CCCN(CCC)S(=O)(=O)c1ccc(C(=O)N(CCN(C)C)c2nc3cc(C)c(C)cc3s2)cc1.Cl. The number of carbonyl (C=O) groups excluding carboxylic acids is 1. The Morgan fingerprint density at radius 1 is 0.917 bits per heavy atom. The number of nitrogens with zero attached hydrogens (tertiary/aromatic N) is 4. The molecular formula is C26H37ClN4O3S2. The molecule has 0 unspecified atom stereocenters. The monoisotopic (exact) mass is 552 g/mol. The molecule has 0 bridgehead atoms. The van der Waals surface area contributed by atoms with Gasteiger partial charge in [-0.2, -0.15) is 4.31 Å². The van der Waals surface area contributed by atoms with Crippen LogP contribution in [-0.4, -0.2) is 68.8 Å². The van der Waals surface area contributed by atoms with Crippen molar-refractivity contribution >= 4 is 55.0 Å². The van der Waals surface area contributed by atoms with Crippen LogP contribution >= 0.6 is 23.7 Å². The summed E-state index contributed by atoms with van der Waals surface area (Å²) >= 11 is 1.50. The van der Waals surface area contributed by atoms with E-state index in [2.05, 4.69) is 26.0 Å². The van der Waals surface area contributed by atoms with Crippen molar-refractivity contribution in [2.45, 2.75) is 45.4 Å². The number of aromatic nitrogens is 1. The van der Waals surface area contributed by atoms with Gasteiger partial charge in [-0.15, -0.1) is 12.4 Å². The maximum Gasteiger partial charge on any atom is 0.260 e. The van der Waals surface area contributed by atoms with E-state index < -0.39 is 10.0 Å². The first-order valence-electron chi connectivity index (χ1n) is 12.0. The number of likely N-dealkylation sites (N-methyl/N-ethyl adjacent to an activating group) is 1. The summed E-state index contributed by atoms with van der Waals surface area (Å²) in [5, 5.41) is 0.644. The van der Waals surface area contributed by atoms with Crippen molar-refractivity contribution in [1.29, 1.82) is 0 Å². The largest absolute Gasteiger partial charge is 0.308 e. The van der Waals surface area contributed by atoms with Crippen LogP contribution in [0.4, 0.5) is 5.13 Å². The Bertz CT molecular complexity index is 1230. The van der Waals surface area contributed by atoms with E-state index in [9.17, 15) is 13.2 Å². The van der Waals surface area contributed by atoms with Gasteiger partial charge in [0.25, 0.3) is 5.91 Å². The highest BCUT2D eigenvalue weighted by Crippen LogP contribution is 2.31. The van der Waals surface area contributed by atoms with Crippen LogP contribution in [0.2, 0.25) is 0 Å². The fourth-order valence-corrected chi connectivity index (χ4v) is 6.49. The number of hydrogen-bond acceptors (Lipinski definition) is 6. The molecule has 0 N–H and O–H groups in total.